The lowest BCUT2D eigenvalue weighted by atomic mass is 10.2. The normalized spacial score (nSPS) is 17.4. The van der Waals surface area contributed by atoms with Crippen LogP contribution in [0, 0.1) is 0 Å². The van der Waals surface area contributed by atoms with E-state index in [-0.39, 0.29) is 22.2 Å². The fourth-order valence-corrected chi connectivity index (χ4v) is 6.38. The predicted octanol–water partition coefficient (Wildman–Crippen LogP) is 1.90. The van der Waals surface area contributed by atoms with Crippen molar-refractivity contribution in [3.05, 3.63) is 48.0 Å². The predicted molar refractivity (Wildman–Crippen MR) is 126 cm³/mol. The van der Waals surface area contributed by atoms with E-state index in [0.717, 1.165) is 36.9 Å². The number of nitrogens with one attached hydrogen (secondary N) is 1. The highest BCUT2D eigenvalue weighted by Gasteiger charge is 2.26. The van der Waals surface area contributed by atoms with Crippen LogP contribution in [0.15, 0.2) is 52.3 Å². The molecule has 33 heavy (non-hydrogen) atoms. The monoisotopic (exact) mass is 492 g/mol. The number of carbonyl (C=O) groups is 1. The third-order valence-electron chi connectivity index (χ3n) is 6.05. The number of carbonyl (C=O) groups excluding carboxylic acids is 1. The van der Waals surface area contributed by atoms with E-state index in [1.807, 2.05) is 4.90 Å². The largest absolute Gasteiger partial charge is 0.362 e. The van der Waals surface area contributed by atoms with Gasteiger partial charge in [0.25, 0.3) is 0 Å². The van der Waals surface area contributed by atoms with Crippen LogP contribution in [-0.2, 0) is 31.3 Å². The lowest BCUT2D eigenvalue weighted by Crippen LogP contribution is -2.32. The van der Waals surface area contributed by atoms with Crippen molar-refractivity contribution in [2.75, 3.05) is 36.4 Å². The van der Waals surface area contributed by atoms with E-state index in [1.54, 1.807) is 28.6 Å². The van der Waals surface area contributed by atoms with E-state index in [1.165, 1.54) is 18.2 Å². The van der Waals surface area contributed by atoms with Gasteiger partial charge < -0.3 is 10.2 Å². The summed E-state index contributed by atoms with van der Waals surface area (Å²) in [6.45, 7) is 1.76. The molecule has 9 nitrogen and oxygen atoms in total. The summed E-state index contributed by atoms with van der Waals surface area (Å²) in [6.07, 6.45) is 4.46. The van der Waals surface area contributed by atoms with Crippen molar-refractivity contribution in [1.29, 1.82) is 0 Å². The van der Waals surface area contributed by atoms with Gasteiger partial charge >= 0.3 is 0 Å². The van der Waals surface area contributed by atoms with Gasteiger partial charge in [-0.15, -0.1) is 0 Å². The number of benzene rings is 2. The van der Waals surface area contributed by atoms with Gasteiger partial charge in [0.15, 0.2) is 0 Å². The average Bonchev–Trinajstić information content (AvgIpc) is 2.97. The molecule has 0 aliphatic carbocycles. The van der Waals surface area contributed by atoms with E-state index in [4.69, 9.17) is 5.14 Å². The van der Waals surface area contributed by atoms with Crippen LogP contribution in [0.1, 0.15) is 31.2 Å². The van der Waals surface area contributed by atoms with Crippen LogP contribution in [0.5, 0.6) is 0 Å². The highest BCUT2D eigenvalue weighted by molar-refractivity contribution is 7.89. The Kier molecular flexibility index (Phi) is 6.76. The van der Waals surface area contributed by atoms with Crippen LogP contribution < -0.4 is 15.4 Å². The summed E-state index contributed by atoms with van der Waals surface area (Å²) in [5.41, 5.74) is 2.15. The molecule has 1 amide bonds. The molecule has 0 radical (unpaired) electrons. The van der Waals surface area contributed by atoms with E-state index in [0.29, 0.717) is 31.7 Å². The Morgan fingerprint density at radius 1 is 0.879 bits per heavy atom. The van der Waals surface area contributed by atoms with Gasteiger partial charge in [0.05, 0.1) is 16.3 Å². The molecule has 0 saturated carbocycles. The Morgan fingerprint density at radius 3 is 2.15 bits per heavy atom. The Bertz CT molecular complexity index is 1240. The number of amides is 1. The van der Waals surface area contributed by atoms with Crippen LogP contribution in [0.2, 0.25) is 0 Å². The molecule has 2 aliphatic rings. The Balaban J connectivity index is 1.39. The van der Waals surface area contributed by atoms with Gasteiger partial charge in [-0.3, -0.25) is 4.79 Å². The Hall–Kier alpha value is -2.47. The molecule has 1 fully saturated rings. The standard InChI is InChI=1S/C22H28N4O5S2/c23-32(28,29)20-9-10-21-17(15-20)11-14-25(21)16-22(27)24-18-5-7-19(8-6-18)33(30,31)26-12-3-1-2-4-13-26/h5-10,15H,1-4,11-14,16H2,(H,24,27)(H2,23,28,29). The first-order chi connectivity index (χ1) is 15.6. The maximum Gasteiger partial charge on any atom is 0.243 e. The van der Waals surface area contributed by atoms with Gasteiger partial charge in [0.1, 0.15) is 0 Å². The molecule has 2 aromatic rings. The number of nitrogens with zero attached hydrogens (tertiary/aromatic N) is 2. The van der Waals surface area contributed by atoms with Crippen LogP contribution in [0.25, 0.3) is 0 Å². The summed E-state index contributed by atoms with van der Waals surface area (Å²) in [7, 11) is -7.31. The van der Waals surface area contributed by atoms with Crippen molar-refractivity contribution >= 4 is 37.3 Å². The van der Waals surface area contributed by atoms with Crippen molar-refractivity contribution in [2.45, 2.75) is 41.9 Å². The van der Waals surface area contributed by atoms with Gasteiger partial charge in [0.2, 0.25) is 26.0 Å². The second-order valence-electron chi connectivity index (χ2n) is 8.40. The number of sulfonamides is 2. The van der Waals surface area contributed by atoms with E-state index in [9.17, 15) is 21.6 Å². The molecular weight excluding hydrogens is 464 g/mol. The molecule has 178 valence electrons. The maximum atomic E-state index is 12.9. The second-order valence-corrected chi connectivity index (χ2v) is 11.9. The molecule has 1 saturated heterocycles. The molecule has 0 aromatic heterocycles. The minimum absolute atomic E-state index is 0.0581. The van der Waals surface area contributed by atoms with Crippen LogP contribution in [0.3, 0.4) is 0 Å². The quantitative estimate of drug-likeness (QED) is 0.633. The Labute approximate surface area is 194 Å². The minimum Gasteiger partial charge on any atom is -0.362 e. The smallest absolute Gasteiger partial charge is 0.243 e. The van der Waals surface area contributed by atoms with Gasteiger partial charge in [-0.2, -0.15) is 4.31 Å². The summed E-state index contributed by atoms with van der Waals surface area (Å²) in [5.74, 6) is -0.249. The molecule has 11 heteroatoms. The first-order valence-corrected chi connectivity index (χ1v) is 13.9. The Morgan fingerprint density at radius 2 is 1.52 bits per heavy atom. The minimum atomic E-state index is -3.77. The first-order valence-electron chi connectivity index (χ1n) is 11.0. The van der Waals surface area contributed by atoms with Crippen LogP contribution in [-0.4, -0.2) is 53.2 Å². The third-order valence-corrected chi connectivity index (χ3v) is 8.87. The molecule has 4 rings (SSSR count). The van der Waals surface area contributed by atoms with Crippen molar-refractivity contribution in [3.8, 4) is 0 Å². The van der Waals surface area contributed by atoms with Crippen molar-refractivity contribution in [1.82, 2.24) is 4.31 Å². The van der Waals surface area contributed by atoms with E-state index in [2.05, 4.69) is 5.32 Å². The summed E-state index contributed by atoms with van der Waals surface area (Å²) in [4.78, 5) is 14.7. The summed E-state index contributed by atoms with van der Waals surface area (Å²) < 4.78 is 50.4. The molecule has 0 atom stereocenters. The second kappa shape index (κ2) is 9.41. The molecule has 0 bridgehead atoms. The zero-order chi connectivity index (χ0) is 23.6. The molecule has 0 unspecified atom stereocenters. The fraction of sp³-hybridized carbons (Fsp3) is 0.409. The highest BCUT2D eigenvalue weighted by Crippen LogP contribution is 2.30. The summed E-state index contributed by atoms with van der Waals surface area (Å²) >= 11 is 0. The van der Waals surface area contributed by atoms with Gasteiger partial charge in [-0.1, -0.05) is 12.8 Å². The topological polar surface area (TPSA) is 130 Å². The van der Waals surface area contributed by atoms with Crippen LogP contribution in [0.4, 0.5) is 11.4 Å². The molecule has 2 heterocycles. The molecule has 2 aliphatic heterocycles. The number of hydrogen-bond donors (Lipinski definition) is 2. The first kappa shape index (κ1) is 23.7. The van der Waals surface area contributed by atoms with E-state index < -0.39 is 20.0 Å². The van der Waals surface area contributed by atoms with Gasteiger partial charge in [-0.25, -0.2) is 22.0 Å². The van der Waals surface area contributed by atoms with Gasteiger partial charge in [0, 0.05) is 31.0 Å². The van der Waals surface area contributed by atoms with E-state index >= 15 is 0 Å². The molecule has 2 aromatic carbocycles. The van der Waals surface area contributed by atoms with Crippen molar-refractivity contribution in [3.63, 3.8) is 0 Å². The number of rotatable bonds is 6. The SMILES string of the molecule is NS(=O)(=O)c1ccc2c(c1)CCN2CC(=O)Nc1ccc(S(=O)(=O)N2CCCCCC2)cc1. The van der Waals surface area contributed by atoms with Crippen molar-refractivity contribution < 1.29 is 21.6 Å². The number of hydrogen-bond acceptors (Lipinski definition) is 6. The lowest BCUT2D eigenvalue weighted by molar-refractivity contribution is -0.115. The third kappa shape index (κ3) is 5.37. The molecule has 0 spiro atoms. The zero-order valence-electron chi connectivity index (χ0n) is 18.2. The number of primary sulfonamides is 1. The summed E-state index contributed by atoms with van der Waals surface area (Å²) in [6, 6.07) is 10.9. The highest BCUT2D eigenvalue weighted by atomic mass is 32.2. The number of nitrogens with two attached hydrogens (primary N) is 1. The maximum absolute atomic E-state index is 12.9. The number of fused-ring (bicyclic) bond motifs is 1. The average molecular weight is 493 g/mol. The zero-order valence-corrected chi connectivity index (χ0v) is 19.9. The van der Waals surface area contributed by atoms with Gasteiger partial charge in [-0.05, 0) is 67.3 Å². The number of anilines is 2. The lowest BCUT2D eigenvalue weighted by Gasteiger charge is -2.20. The molecule has 3 N–H and O–H groups in total. The van der Waals surface area contributed by atoms with Crippen LogP contribution >= 0.6 is 0 Å². The summed E-state index contributed by atoms with van der Waals surface area (Å²) in [5, 5.41) is 7.99. The molecular formula is C22H28N4O5S2. The van der Waals surface area contributed by atoms with Crippen molar-refractivity contribution in [2.24, 2.45) is 5.14 Å². The fourth-order valence-electron chi connectivity index (χ4n) is 4.30.